The lowest BCUT2D eigenvalue weighted by Crippen LogP contribution is -2.29. The maximum Gasteiger partial charge on any atom is 0.262 e. The van der Waals surface area contributed by atoms with Gasteiger partial charge in [0.2, 0.25) is 0 Å². The molecule has 0 unspecified atom stereocenters. The van der Waals surface area contributed by atoms with E-state index in [-0.39, 0.29) is 17.7 Å². The Hall–Kier alpha value is -3.44. The standard InChI is InChI=1S/C21H19N5O2S/c1-4-13-9-14-19(29-13)23-12-26(21(14)28)11-18(27)15(10-22)20-24(2)16-7-5-6-8-17(16)25(20)3/h5-9,12H,4,11H2,1-3H3. The summed E-state index contributed by atoms with van der Waals surface area (Å²) in [7, 11) is 3.64. The summed E-state index contributed by atoms with van der Waals surface area (Å²) >= 11 is 1.48. The molecule has 3 aromatic rings. The third-order valence-electron chi connectivity index (χ3n) is 5.09. The van der Waals surface area contributed by atoms with Gasteiger partial charge in [0, 0.05) is 19.0 Å². The number of aromatic nitrogens is 2. The van der Waals surface area contributed by atoms with Gasteiger partial charge in [-0.15, -0.1) is 11.3 Å². The molecule has 1 aliphatic rings. The van der Waals surface area contributed by atoms with Crippen molar-refractivity contribution in [1.82, 2.24) is 9.55 Å². The van der Waals surface area contributed by atoms with Crippen molar-refractivity contribution >= 4 is 38.7 Å². The highest BCUT2D eigenvalue weighted by molar-refractivity contribution is 7.18. The molecule has 0 saturated carbocycles. The summed E-state index contributed by atoms with van der Waals surface area (Å²) in [5.74, 6) is 0.0767. The Balaban J connectivity index is 1.72. The molecule has 0 amide bonds. The van der Waals surface area contributed by atoms with E-state index in [1.165, 1.54) is 22.2 Å². The summed E-state index contributed by atoms with van der Waals surface area (Å²) in [6, 6.07) is 11.6. The zero-order valence-electron chi connectivity index (χ0n) is 16.3. The molecule has 0 saturated heterocycles. The molecule has 0 radical (unpaired) electrons. The molecule has 1 aliphatic heterocycles. The number of benzene rings is 1. The van der Waals surface area contributed by atoms with Crippen molar-refractivity contribution in [3.05, 3.63) is 63.3 Å². The minimum Gasteiger partial charge on any atom is -0.328 e. The van der Waals surface area contributed by atoms with Gasteiger partial charge in [0.25, 0.3) is 5.56 Å². The minimum absolute atomic E-state index is 0.0118. The number of carbonyl (C=O) groups is 1. The van der Waals surface area contributed by atoms with Crippen LogP contribution in [0.5, 0.6) is 0 Å². The van der Waals surface area contributed by atoms with Crippen molar-refractivity contribution in [3.63, 3.8) is 0 Å². The second kappa shape index (κ2) is 7.18. The molecular formula is C21H19N5O2S. The van der Waals surface area contributed by atoms with Gasteiger partial charge in [0.15, 0.2) is 5.78 Å². The molecule has 0 fully saturated rings. The highest BCUT2D eigenvalue weighted by atomic mass is 32.1. The quantitative estimate of drug-likeness (QED) is 0.490. The lowest BCUT2D eigenvalue weighted by atomic mass is 10.1. The molecule has 1 aromatic carbocycles. The van der Waals surface area contributed by atoms with Crippen LogP contribution in [0.2, 0.25) is 0 Å². The summed E-state index contributed by atoms with van der Waals surface area (Å²) < 4.78 is 1.27. The lowest BCUT2D eigenvalue weighted by Gasteiger charge is -2.20. The van der Waals surface area contributed by atoms with Crippen molar-refractivity contribution in [1.29, 1.82) is 5.26 Å². The summed E-state index contributed by atoms with van der Waals surface area (Å²) in [5, 5.41) is 10.3. The van der Waals surface area contributed by atoms with Gasteiger partial charge in [-0.05, 0) is 24.6 Å². The Bertz CT molecular complexity index is 1230. The first-order valence-corrected chi connectivity index (χ1v) is 9.99. The van der Waals surface area contributed by atoms with Crippen LogP contribution in [0.15, 0.2) is 52.8 Å². The summed E-state index contributed by atoms with van der Waals surface area (Å²) in [4.78, 5) is 35.5. The number of fused-ring (bicyclic) bond motifs is 2. The van der Waals surface area contributed by atoms with Crippen LogP contribution in [0, 0.1) is 11.3 Å². The number of nitrogens with zero attached hydrogens (tertiary/aromatic N) is 5. The van der Waals surface area contributed by atoms with Crippen LogP contribution < -0.4 is 15.4 Å². The van der Waals surface area contributed by atoms with Crippen LogP contribution in [-0.2, 0) is 17.8 Å². The number of rotatable bonds is 4. The average molecular weight is 405 g/mol. The van der Waals surface area contributed by atoms with Gasteiger partial charge in [-0.2, -0.15) is 5.26 Å². The topological polar surface area (TPSA) is 82.2 Å². The largest absolute Gasteiger partial charge is 0.328 e. The van der Waals surface area contributed by atoms with Gasteiger partial charge in [0.1, 0.15) is 22.3 Å². The molecule has 0 atom stereocenters. The van der Waals surface area contributed by atoms with Gasteiger partial charge in [-0.25, -0.2) is 4.98 Å². The lowest BCUT2D eigenvalue weighted by molar-refractivity contribution is -0.115. The number of Topliss-reactive ketones (excluding diaryl/α,β-unsaturated/α-hetero) is 1. The third kappa shape index (κ3) is 3.00. The Morgan fingerprint density at radius 3 is 2.45 bits per heavy atom. The van der Waals surface area contributed by atoms with Gasteiger partial charge < -0.3 is 9.80 Å². The molecule has 4 rings (SSSR count). The van der Waals surface area contributed by atoms with Gasteiger partial charge in [-0.3, -0.25) is 14.2 Å². The van der Waals surface area contributed by atoms with E-state index < -0.39 is 5.78 Å². The van der Waals surface area contributed by atoms with E-state index in [1.54, 1.807) is 0 Å². The number of hydrogen-bond donors (Lipinski definition) is 0. The monoisotopic (exact) mass is 405 g/mol. The van der Waals surface area contributed by atoms with Crippen LogP contribution in [0.1, 0.15) is 11.8 Å². The van der Waals surface area contributed by atoms with Crippen molar-refractivity contribution in [2.75, 3.05) is 23.9 Å². The number of thiophene rings is 1. The highest BCUT2D eigenvalue weighted by Gasteiger charge is 2.31. The van der Waals surface area contributed by atoms with Crippen LogP contribution in [-0.4, -0.2) is 29.4 Å². The number of ketones is 1. The molecule has 0 aliphatic carbocycles. The maximum atomic E-state index is 13.0. The molecule has 0 bridgehead atoms. The number of anilines is 2. The van der Waals surface area contributed by atoms with Crippen molar-refractivity contribution < 1.29 is 4.79 Å². The molecule has 8 heteroatoms. The fourth-order valence-electron chi connectivity index (χ4n) is 3.59. The van der Waals surface area contributed by atoms with E-state index in [0.717, 1.165) is 22.7 Å². The molecule has 0 N–H and O–H groups in total. The molecule has 2 aromatic heterocycles. The smallest absolute Gasteiger partial charge is 0.262 e. The van der Waals surface area contributed by atoms with Crippen molar-refractivity contribution in [2.24, 2.45) is 0 Å². The first kappa shape index (κ1) is 18.9. The van der Waals surface area contributed by atoms with E-state index in [0.29, 0.717) is 16.0 Å². The van der Waals surface area contributed by atoms with Crippen LogP contribution >= 0.6 is 11.3 Å². The fraction of sp³-hybridized carbons (Fsp3) is 0.238. The highest BCUT2D eigenvalue weighted by Crippen LogP contribution is 2.40. The van der Waals surface area contributed by atoms with E-state index in [1.807, 2.05) is 67.2 Å². The number of allylic oxidation sites excluding steroid dienone is 1. The van der Waals surface area contributed by atoms with Crippen LogP contribution in [0.25, 0.3) is 10.2 Å². The first-order valence-electron chi connectivity index (χ1n) is 9.18. The number of para-hydroxylation sites is 2. The molecule has 7 nitrogen and oxygen atoms in total. The molecule has 29 heavy (non-hydrogen) atoms. The SMILES string of the molecule is CCc1cc2c(=O)n(CC(=O)C(C#N)=C3N(C)c4ccccc4N3C)cnc2s1. The molecule has 0 spiro atoms. The van der Waals surface area contributed by atoms with Gasteiger partial charge in [-0.1, -0.05) is 19.1 Å². The number of nitriles is 1. The third-order valence-corrected chi connectivity index (χ3v) is 6.27. The van der Waals surface area contributed by atoms with Gasteiger partial charge in [0.05, 0.1) is 29.6 Å². The molecular weight excluding hydrogens is 386 g/mol. The predicted molar refractivity (Wildman–Crippen MR) is 114 cm³/mol. The normalized spacial score (nSPS) is 13.0. The summed E-state index contributed by atoms with van der Waals surface area (Å²) in [5.41, 5.74) is 1.57. The number of aryl methyl sites for hydroxylation is 1. The van der Waals surface area contributed by atoms with E-state index in [2.05, 4.69) is 4.98 Å². The van der Waals surface area contributed by atoms with E-state index in [9.17, 15) is 14.9 Å². The van der Waals surface area contributed by atoms with E-state index in [4.69, 9.17) is 0 Å². The average Bonchev–Trinajstić information content (AvgIpc) is 3.26. The Labute approximate surface area is 171 Å². The zero-order valence-corrected chi connectivity index (χ0v) is 17.2. The Kier molecular flexibility index (Phi) is 4.68. The van der Waals surface area contributed by atoms with E-state index >= 15 is 0 Å². The maximum absolute atomic E-state index is 13.0. The van der Waals surface area contributed by atoms with Crippen LogP contribution in [0.3, 0.4) is 0 Å². The second-order valence-electron chi connectivity index (χ2n) is 6.80. The first-order chi connectivity index (χ1) is 14.0. The zero-order chi connectivity index (χ0) is 20.7. The molecule has 146 valence electrons. The fourth-order valence-corrected chi connectivity index (χ4v) is 4.51. The Morgan fingerprint density at radius 1 is 1.21 bits per heavy atom. The number of hydrogen-bond acceptors (Lipinski definition) is 7. The van der Waals surface area contributed by atoms with Crippen molar-refractivity contribution in [2.45, 2.75) is 19.9 Å². The summed E-state index contributed by atoms with van der Waals surface area (Å²) in [6.45, 7) is 1.79. The minimum atomic E-state index is -0.428. The Morgan fingerprint density at radius 2 is 1.86 bits per heavy atom. The predicted octanol–water partition coefficient (Wildman–Crippen LogP) is 2.91. The number of carbonyl (C=O) groups excluding carboxylic acids is 1. The molecule has 3 heterocycles. The summed E-state index contributed by atoms with van der Waals surface area (Å²) in [6.07, 6.45) is 2.21. The van der Waals surface area contributed by atoms with Crippen LogP contribution in [0.4, 0.5) is 11.4 Å². The van der Waals surface area contributed by atoms with Crippen molar-refractivity contribution in [3.8, 4) is 6.07 Å². The van der Waals surface area contributed by atoms with Gasteiger partial charge >= 0.3 is 0 Å². The second-order valence-corrected chi connectivity index (χ2v) is 7.92.